The molecule has 0 saturated carbocycles. The van der Waals surface area contributed by atoms with Gasteiger partial charge in [0.05, 0.1) is 19.3 Å². The van der Waals surface area contributed by atoms with Crippen molar-refractivity contribution in [2.75, 3.05) is 38.5 Å². The van der Waals surface area contributed by atoms with Crippen LogP contribution in [0, 0.1) is 13.8 Å². The van der Waals surface area contributed by atoms with Crippen LogP contribution in [0.1, 0.15) is 25.0 Å². The second-order valence-corrected chi connectivity index (χ2v) is 7.16. The minimum atomic E-state index is -0.0808. The van der Waals surface area contributed by atoms with Crippen molar-refractivity contribution in [3.05, 3.63) is 29.3 Å². The topological polar surface area (TPSA) is 63.1 Å². The Morgan fingerprint density at radius 3 is 2.48 bits per heavy atom. The first kappa shape index (κ1) is 19.4. The van der Waals surface area contributed by atoms with Crippen LogP contribution in [0.3, 0.4) is 0 Å². The molecular weight excluding hydrogens is 318 g/mol. The maximum Gasteiger partial charge on any atom is 0.279 e. The van der Waals surface area contributed by atoms with Crippen LogP contribution in [-0.2, 0) is 14.3 Å². The van der Waals surface area contributed by atoms with E-state index in [9.17, 15) is 9.59 Å². The molecule has 0 aliphatic carbocycles. The molecule has 1 fully saturated rings. The first-order chi connectivity index (χ1) is 11.8. The number of quaternary nitrogens is 1. The molecule has 138 valence electrons. The number of nitrogens with zero attached hydrogens (tertiary/aromatic N) is 1. The number of nitrogens with one attached hydrogen (secondary N) is 2. The average Bonchev–Trinajstić information content (AvgIpc) is 2.50. The summed E-state index contributed by atoms with van der Waals surface area (Å²) in [7, 11) is 1.87. The van der Waals surface area contributed by atoms with Gasteiger partial charge >= 0.3 is 0 Å². The van der Waals surface area contributed by atoms with Crippen molar-refractivity contribution in [2.45, 2.75) is 39.9 Å². The van der Waals surface area contributed by atoms with Gasteiger partial charge < -0.3 is 19.9 Å². The van der Waals surface area contributed by atoms with Crippen LogP contribution in [0.25, 0.3) is 0 Å². The van der Waals surface area contributed by atoms with E-state index < -0.39 is 0 Å². The number of hydrogen-bond donors (Lipinski definition) is 2. The Bertz CT molecular complexity index is 622. The Kier molecular flexibility index (Phi) is 6.56. The van der Waals surface area contributed by atoms with Crippen LogP contribution >= 0.6 is 0 Å². The number of morpholine rings is 1. The number of anilines is 1. The molecule has 6 nitrogen and oxygen atoms in total. The lowest BCUT2D eigenvalue weighted by molar-refractivity contribution is -0.862. The van der Waals surface area contributed by atoms with Crippen molar-refractivity contribution in [2.24, 2.45) is 0 Å². The highest BCUT2D eigenvalue weighted by atomic mass is 16.5. The molecule has 2 amide bonds. The molecule has 1 saturated heterocycles. The van der Waals surface area contributed by atoms with Crippen molar-refractivity contribution < 1.29 is 19.2 Å². The van der Waals surface area contributed by atoms with Crippen molar-refractivity contribution >= 4 is 17.5 Å². The zero-order chi connectivity index (χ0) is 18.6. The monoisotopic (exact) mass is 348 g/mol. The smallest absolute Gasteiger partial charge is 0.279 e. The highest BCUT2D eigenvalue weighted by Gasteiger charge is 2.27. The molecule has 3 atom stereocenters. The molecule has 1 heterocycles. The fourth-order valence-electron chi connectivity index (χ4n) is 3.17. The molecule has 2 N–H and O–H groups in total. The summed E-state index contributed by atoms with van der Waals surface area (Å²) in [6, 6.07) is 5.85. The van der Waals surface area contributed by atoms with Crippen LogP contribution in [0.5, 0.6) is 0 Å². The minimum absolute atomic E-state index is 0.0561. The number of carbonyl (C=O) groups excluding carboxylic acids is 2. The van der Waals surface area contributed by atoms with Gasteiger partial charge in [0.15, 0.2) is 13.1 Å². The summed E-state index contributed by atoms with van der Waals surface area (Å²) in [4.78, 5) is 27.4. The molecule has 1 aliphatic heterocycles. The molecule has 1 unspecified atom stereocenters. The van der Waals surface area contributed by atoms with Crippen LogP contribution in [0.2, 0.25) is 0 Å². The van der Waals surface area contributed by atoms with Gasteiger partial charge in [-0.1, -0.05) is 12.1 Å². The molecule has 6 heteroatoms. The molecule has 1 aliphatic rings. The molecule has 1 aromatic carbocycles. The van der Waals surface area contributed by atoms with Gasteiger partial charge in [-0.2, -0.15) is 0 Å². The summed E-state index contributed by atoms with van der Waals surface area (Å²) >= 11 is 0. The number of aryl methyl sites for hydroxylation is 1. The van der Waals surface area contributed by atoms with Gasteiger partial charge in [-0.05, 0) is 44.9 Å². The third kappa shape index (κ3) is 5.54. The SMILES string of the molecule is Cc1cccc(NC(=O)C[NH+](C)CC(=O)N2C[C@@H](C)O[C@H](C)C2)c1C. The first-order valence-electron chi connectivity index (χ1n) is 8.87. The fourth-order valence-corrected chi connectivity index (χ4v) is 3.17. The van der Waals surface area contributed by atoms with Crippen LogP contribution in [-0.4, -0.2) is 62.1 Å². The number of rotatable bonds is 5. The number of ether oxygens (including phenoxy) is 1. The maximum atomic E-state index is 12.5. The summed E-state index contributed by atoms with van der Waals surface area (Å²) in [5, 5.41) is 2.94. The summed E-state index contributed by atoms with van der Waals surface area (Å²) in [6.07, 6.45) is 0.112. The summed E-state index contributed by atoms with van der Waals surface area (Å²) < 4.78 is 5.66. The number of carbonyl (C=O) groups is 2. The number of amides is 2. The fraction of sp³-hybridized carbons (Fsp3) is 0.579. The third-order valence-electron chi connectivity index (χ3n) is 4.57. The molecule has 25 heavy (non-hydrogen) atoms. The van der Waals surface area contributed by atoms with Crippen molar-refractivity contribution in [3.63, 3.8) is 0 Å². The third-order valence-corrected chi connectivity index (χ3v) is 4.57. The quantitative estimate of drug-likeness (QED) is 0.809. The lowest BCUT2D eigenvalue weighted by Crippen LogP contribution is -3.11. The number of hydrogen-bond acceptors (Lipinski definition) is 3. The standard InChI is InChI=1S/C19H29N3O3/c1-13-7-6-8-17(16(13)4)20-18(23)11-21(5)12-19(24)22-9-14(2)25-15(3)10-22/h6-8,14-15H,9-12H2,1-5H3,(H,20,23)/p+1/t14-,15-/m1/s1. The minimum Gasteiger partial charge on any atom is -0.372 e. The molecule has 0 spiro atoms. The Hall–Kier alpha value is -1.92. The van der Waals surface area contributed by atoms with E-state index in [1.165, 1.54) is 0 Å². The first-order valence-corrected chi connectivity index (χ1v) is 8.87. The predicted molar refractivity (Wildman–Crippen MR) is 97.8 cm³/mol. The summed E-state index contributed by atoms with van der Waals surface area (Å²) in [5.74, 6) is -0.0123. The maximum absolute atomic E-state index is 12.5. The lowest BCUT2D eigenvalue weighted by atomic mass is 10.1. The van der Waals surface area contributed by atoms with Gasteiger partial charge in [-0.25, -0.2) is 0 Å². The van der Waals surface area contributed by atoms with Crippen LogP contribution in [0.15, 0.2) is 18.2 Å². The van der Waals surface area contributed by atoms with E-state index >= 15 is 0 Å². The Labute approximate surface area is 150 Å². The van der Waals surface area contributed by atoms with E-state index in [2.05, 4.69) is 5.32 Å². The average molecular weight is 348 g/mol. The molecule has 1 aromatic rings. The van der Waals surface area contributed by atoms with Crippen LogP contribution < -0.4 is 10.2 Å². The lowest BCUT2D eigenvalue weighted by Gasteiger charge is -2.35. The highest BCUT2D eigenvalue weighted by Crippen LogP contribution is 2.17. The van der Waals surface area contributed by atoms with E-state index in [1.807, 2.05) is 57.8 Å². The molecule has 0 radical (unpaired) electrons. The number of benzene rings is 1. The zero-order valence-electron chi connectivity index (χ0n) is 15.9. The highest BCUT2D eigenvalue weighted by molar-refractivity contribution is 5.92. The molecule has 0 bridgehead atoms. The second-order valence-electron chi connectivity index (χ2n) is 7.16. The van der Waals surface area contributed by atoms with Gasteiger partial charge in [0.25, 0.3) is 11.8 Å². The van der Waals surface area contributed by atoms with Gasteiger partial charge in [0.1, 0.15) is 0 Å². The largest absolute Gasteiger partial charge is 0.372 e. The van der Waals surface area contributed by atoms with E-state index in [0.29, 0.717) is 19.6 Å². The zero-order valence-corrected chi connectivity index (χ0v) is 15.9. The number of likely N-dealkylation sites (N-methyl/N-ethyl adjacent to an activating group) is 1. The Morgan fingerprint density at radius 1 is 1.20 bits per heavy atom. The Morgan fingerprint density at radius 2 is 1.84 bits per heavy atom. The van der Waals surface area contributed by atoms with Gasteiger partial charge in [0, 0.05) is 18.8 Å². The molecule has 2 rings (SSSR count). The van der Waals surface area contributed by atoms with E-state index in [-0.39, 0.29) is 30.6 Å². The Balaban J connectivity index is 1.84. The molecular formula is C19H30N3O3+. The molecule has 0 aromatic heterocycles. The predicted octanol–water partition coefficient (Wildman–Crippen LogP) is 0.392. The van der Waals surface area contributed by atoms with E-state index in [4.69, 9.17) is 4.74 Å². The van der Waals surface area contributed by atoms with Crippen LogP contribution in [0.4, 0.5) is 5.69 Å². The van der Waals surface area contributed by atoms with Crippen molar-refractivity contribution in [1.82, 2.24) is 4.90 Å². The van der Waals surface area contributed by atoms with Gasteiger partial charge in [-0.15, -0.1) is 0 Å². The van der Waals surface area contributed by atoms with E-state index in [1.54, 1.807) is 0 Å². The van der Waals surface area contributed by atoms with E-state index in [0.717, 1.165) is 21.7 Å². The van der Waals surface area contributed by atoms with Crippen molar-refractivity contribution in [3.8, 4) is 0 Å². The van der Waals surface area contributed by atoms with Gasteiger partial charge in [-0.3, -0.25) is 9.59 Å². The summed E-state index contributed by atoms with van der Waals surface area (Å²) in [6.45, 7) is 9.76. The summed E-state index contributed by atoms with van der Waals surface area (Å²) in [5.41, 5.74) is 3.05. The van der Waals surface area contributed by atoms with Crippen molar-refractivity contribution in [1.29, 1.82) is 0 Å². The van der Waals surface area contributed by atoms with Gasteiger partial charge in [0.2, 0.25) is 0 Å². The second kappa shape index (κ2) is 8.45. The normalized spacial score (nSPS) is 21.7.